The molecule has 0 atom stereocenters. The molecule has 0 heterocycles. The molecule has 0 spiro atoms. The minimum absolute atomic E-state index is 0.132. The SMILES string of the molecule is C=CCc1cc(CNc2cc(C)ccc2C)cc(OC)c1OCc1ccccc1F. The predicted molar refractivity (Wildman–Crippen MR) is 121 cm³/mol. The number of nitrogens with one attached hydrogen (secondary N) is 1. The maximum absolute atomic E-state index is 14.0. The third-order valence-corrected chi connectivity index (χ3v) is 4.98. The smallest absolute Gasteiger partial charge is 0.165 e. The average molecular weight is 406 g/mol. The van der Waals surface area contributed by atoms with Gasteiger partial charge < -0.3 is 14.8 Å². The quantitative estimate of drug-likeness (QED) is 0.420. The molecule has 0 aliphatic carbocycles. The lowest BCUT2D eigenvalue weighted by atomic mass is 10.0. The molecule has 0 unspecified atom stereocenters. The third kappa shape index (κ3) is 5.20. The van der Waals surface area contributed by atoms with Gasteiger partial charge in [0.15, 0.2) is 11.5 Å². The molecule has 0 saturated carbocycles. The Labute approximate surface area is 178 Å². The van der Waals surface area contributed by atoms with Crippen LogP contribution in [-0.2, 0) is 19.6 Å². The molecular formula is C26H28FNO2. The Hall–Kier alpha value is -3.27. The van der Waals surface area contributed by atoms with E-state index in [0.717, 1.165) is 16.8 Å². The van der Waals surface area contributed by atoms with Crippen LogP contribution >= 0.6 is 0 Å². The van der Waals surface area contributed by atoms with Crippen molar-refractivity contribution in [2.45, 2.75) is 33.4 Å². The molecule has 0 amide bonds. The van der Waals surface area contributed by atoms with Gasteiger partial charge in [0.05, 0.1) is 7.11 Å². The Balaban J connectivity index is 1.84. The Morgan fingerprint density at radius 3 is 2.57 bits per heavy atom. The number of methoxy groups -OCH3 is 1. The molecule has 156 valence electrons. The van der Waals surface area contributed by atoms with E-state index in [0.29, 0.717) is 30.0 Å². The number of allylic oxidation sites excluding steroid dienone is 1. The molecule has 3 rings (SSSR count). The van der Waals surface area contributed by atoms with E-state index in [1.54, 1.807) is 25.3 Å². The minimum atomic E-state index is -0.281. The zero-order chi connectivity index (χ0) is 21.5. The van der Waals surface area contributed by atoms with E-state index < -0.39 is 0 Å². The van der Waals surface area contributed by atoms with Crippen LogP contribution in [0.15, 0.2) is 67.3 Å². The number of hydrogen-bond donors (Lipinski definition) is 1. The molecule has 3 nitrogen and oxygen atoms in total. The fraction of sp³-hybridized carbons (Fsp3) is 0.231. The van der Waals surface area contributed by atoms with Crippen molar-refractivity contribution in [2.24, 2.45) is 0 Å². The highest BCUT2D eigenvalue weighted by Crippen LogP contribution is 2.35. The number of rotatable bonds is 9. The first-order valence-electron chi connectivity index (χ1n) is 9.99. The van der Waals surface area contributed by atoms with Gasteiger partial charge in [0.25, 0.3) is 0 Å². The van der Waals surface area contributed by atoms with Gasteiger partial charge in [0.2, 0.25) is 0 Å². The van der Waals surface area contributed by atoms with Crippen molar-refractivity contribution in [3.63, 3.8) is 0 Å². The van der Waals surface area contributed by atoms with Gasteiger partial charge >= 0.3 is 0 Å². The lowest BCUT2D eigenvalue weighted by molar-refractivity contribution is 0.277. The lowest BCUT2D eigenvalue weighted by Crippen LogP contribution is -2.06. The summed E-state index contributed by atoms with van der Waals surface area (Å²) in [7, 11) is 1.62. The summed E-state index contributed by atoms with van der Waals surface area (Å²) in [6.45, 7) is 8.81. The molecule has 0 radical (unpaired) electrons. The standard InChI is InChI=1S/C26H28FNO2/c1-5-8-21-14-20(16-28-24-13-18(2)11-12-19(24)3)15-25(29-4)26(21)30-17-22-9-6-7-10-23(22)27/h5-7,9-15,28H,1,8,16-17H2,2-4H3. The Morgan fingerprint density at radius 1 is 1.03 bits per heavy atom. The van der Waals surface area contributed by atoms with Crippen molar-refractivity contribution in [1.82, 2.24) is 0 Å². The van der Waals surface area contributed by atoms with Gasteiger partial charge in [0, 0.05) is 23.4 Å². The Bertz CT molecular complexity index is 1030. The van der Waals surface area contributed by atoms with E-state index in [-0.39, 0.29) is 12.4 Å². The molecule has 4 heteroatoms. The van der Waals surface area contributed by atoms with Gasteiger partial charge in [-0.2, -0.15) is 0 Å². The van der Waals surface area contributed by atoms with E-state index in [1.807, 2.05) is 12.1 Å². The van der Waals surface area contributed by atoms with Gasteiger partial charge in [-0.25, -0.2) is 4.39 Å². The van der Waals surface area contributed by atoms with E-state index in [1.165, 1.54) is 17.2 Å². The van der Waals surface area contributed by atoms with Crippen molar-refractivity contribution in [3.8, 4) is 11.5 Å². The van der Waals surface area contributed by atoms with Crippen LogP contribution in [0, 0.1) is 19.7 Å². The molecule has 0 aromatic heterocycles. The Kier molecular flexibility index (Phi) is 7.12. The van der Waals surface area contributed by atoms with Crippen LogP contribution in [0.3, 0.4) is 0 Å². The second kappa shape index (κ2) is 9.97. The van der Waals surface area contributed by atoms with Gasteiger partial charge in [-0.1, -0.05) is 36.4 Å². The number of anilines is 1. The van der Waals surface area contributed by atoms with E-state index >= 15 is 0 Å². The van der Waals surface area contributed by atoms with Crippen LogP contribution in [-0.4, -0.2) is 7.11 Å². The first-order valence-corrected chi connectivity index (χ1v) is 9.99. The molecule has 3 aromatic rings. The number of ether oxygens (including phenoxy) is 2. The average Bonchev–Trinajstić information content (AvgIpc) is 2.74. The molecular weight excluding hydrogens is 377 g/mol. The third-order valence-electron chi connectivity index (χ3n) is 4.98. The molecule has 30 heavy (non-hydrogen) atoms. The molecule has 0 fully saturated rings. The summed E-state index contributed by atoms with van der Waals surface area (Å²) < 4.78 is 25.6. The highest BCUT2D eigenvalue weighted by molar-refractivity contribution is 5.55. The first kappa shape index (κ1) is 21.4. The summed E-state index contributed by atoms with van der Waals surface area (Å²) in [5.41, 5.74) is 6.05. The molecule has 0 saturated heterocycles. The van der Waals surface area contributed by atoms with Crippen molar-refractivity contribution in [3.05, 3.63) is 101 Å². The second-order valence-corrected chi connectivity index (χ2v) is 7.33. The maximum atomic E-state index is 14.0. The number of hydrogen-bond acceptors (Lipinski definition) is 3. The van der Waals surface area contributed by atoms with Crippen LogP contribution in [0.5, 0.6) is 11.5 Å². The van der Waals surface area contributed by atoms with E-state index in [9.17, 15) is 4.39 Å². The first-order chi connectivity index (χ1) is 14.5. The van der Waals surface area contributed by atoms with Crippen LogP contribution in [0.4, 0.5) is 10.1 Å². The zero-order valence-electron chi connectivity index (χ0n) is 17.8. The van der Waals surface area contributed by atoms with Crippen molar-refractivity contribution >= 4 is 5.69 Å². The lowest BCUT2D eigenvalue weighted by Gasteiger charge is -2.18. The molecule has 3 aromatic carbocycles. The predicted octanol–water partition coefficient (Wildman–Crippen LogP) is 6.37. The van der Waals surface area contributed by atoms with E-state index in [2.05, 4.69) is 50.0 Å². The molecule has 0 aliphatic heterocycles. The topological polar surface area (TPSA) is 30.5 Å². The normalized spacial score (nSPS) is 10.5. The van der Waals surface area contributed by atoms with Gasteiger partial charge in [-0.05, 0) is 61.2 Å². The zero-order valence-corrected chi connectivity index (χ0v) is 17.8. The van der Waals surface area contributed by atoms with E-state index in [4.69, 9.17) is 9.47 Å². The van der Waals surface area contributed by atoms with Crippen LogP contribution < -0.4 is 14.8 Å². The summed E-state index contributed by atoms with van der Waals surface area (Å²) in [4.78, 5) is 0. The fourth-order valence-electron chi connectivity index (χ4n) is 3.34. The Morgan fingerprint density at radius 2 is 1.83 bits per heavy atom. The van der Waals surface area contributed by atoms with Crippen molar-refractivity contribution < 1.29 is 13.9 Å². The molecule has 1 N–H and O–H groups in total. The summed E-state index contributed by atoms with van der Waals surface area (Å²) >= 11 is 0. The number of halogens is 1. The summed E-state index contributed by atoms with van der Waals surface area (Å²) in [6.07, 6.45) is 2.45. The van der Waals surface area contributed by atoms with Crippen molar-refractivity contribution in [2.75, 3.05) is 12.4 Å². The fourth-order valence-corrected chi connectivity index (χ4v) is 3.34. The summed E-state index contributed by atoms with van der Waals surface area (Å²) in [5.74, 6) is 0.968. The largest absolute Gasteiger partial charge is 0.493 e. The van der Waals surface area contributed by atoms with Crippen LogP contribution in [0.2, 0.25) is 0 Å². The summed E-state index contributed by atoms with van der Waals surface area (Å²) in [6, 6.07) is 17.0. The second-order valence-electron chi connectivity index (χ2n) is 7.33. The van der Waals surface area contributed by atoms with Crippen LogP contribution in [0.25, 0.3) is 0 Å². The number of aryl methyl sites for hydroxylation is 2. The molecule has 0 bridgehead atoms. The monoisotopic (exact) mass is 405 g/mol. The van der Waals surface area contributed by atoms with Crippen LogP contribution in [0.1, 0.15) is 27.8 Å². The number of benzene rings is 3. The van der Waals surface area contributed by atoms with Crippen molar-refractivity contribution in [1.29, 1.82) is 0 Å². The van der Waals surface area contributed by atoms with Gasteiger partial charge in [0.1, 0.15) is 12.4 Å². The maximum Gasteiger partial charge on any atom is 0.165 e. The highest BCUT2D eigenvalue weighted by Gasteiger charge is 2.14. The summed E-state index contributed by atoms with van der Waals surface area (Å²) in [5, 5.41) is 3.50. The minimum Gasteiger partial charge on any atom is -0.493 e. The molecule has 0 aliphatic rings. The van der Waals surface area contributed by atoms with Gasteiger partial charge in [-0.3, -0.25) is 0 Å². The highest BCUT2D eigenvalue weighted by atomic mass is 19.1. The van der Waals surface area contributed by atoms with Gasteiger partial charge in [-0.15, -0.1) is 6.58 Å².